The maximum absolute atomic E-state index is 9.06. The van der Waals surface area contributed by atoms with Crippen molar-refractivity contribution >= 4 is 0 Å². The fraction of sp³-hybridized carbons (Fsp3) is 0.867. The zero-order valence-electron chi connectivity index (χ0n) is 11.6. The van der Waals surface area contributed by atoms with Crippen LogP contribution >= 0.6 is 0 Å². The molecule has 16 heavy (non-hydrogen) atoms. The van der Waals surface area contributed by atoms with Crippen LogP contribution in [-0.4, -0.2) is 11.7 Å². The van der Waals surface area contributed by atoms with Crippen LogP contribution in [0.2, 0.25) is 0 Å². The van der Waals surface area contributed by atoms with Crippen LogP contribution < -0.4 is 0 Å². The summed E-state index contributed by atoms with van der Waals surface area (Å²) in [7, 11) is 0. The van der Waals surface area contributed by atoms with Gasteiger partial charge in [0.15, 0.2) is 0 Å². The Morgan fingerprint density at radius 3 is 2.38 bits per heavy atom. The lowest BCUT2D eigenvalue weighted by molar-refractivity contribution is 0.139. The van der Waals surface area contributed by atoms with E-state index in [2.05, 4.69) is 41.2 Å². The topological polar surface area (TPSA) is 20.2 Å². The third-order valence-electron chi connectivity index (χ3n) is 5.13. The Hall–Kier alpha value is -0.300. The Labute approximate surface area is 101 Å². The maximum atomic E-state index is 9.06. The number of aliphatic hydroxyl groups is 1. The second-order valence-corrected chi connectivity index (χ2v) is 6.52. The Bertz CT molecular complexity index is 254. The van der Waals surface area contributed by atoms with E-state index < -0.39 is 0 Å². The molecule has 0 aromatic rings. The van der Waals surface area contributed by atoms with E-state index in [1.54, 1.807) is 0 Å². The number of rotatable bonds is 4. The first-order valence-corrected chi connectivity index (χ1v) is 6.58. The minimum atomic E-state index is 0.141. The van der Waals surface area contributed by atoms with Gasteiger partial charge in [0.1, 0.15) is 0 Å². The van der Waals surface area contributed by atoms with Gasteiger partial charge in [0.2, 0.25) is 0 Å². The molecule has 0 aliphatic heterocycles. The Kier molecular flexibility index (Phi) is 4.23. The fourth-order valence-electron chi connectivity index (χ4n) is 3.61. The molecule has 1 heteroatoms. The van der Waals surface area contributed by atoms with E-state index in [0.29, 0.717) is 11.3 Å². The highest BCUT2D eigenvalue weighted by Gasteiger charge is 2.46. The first kappa shape index (κ1) is 13.8. The van der Waals surface area contributed by atoms with Crippen LogP contribution in [0.5, 0.6) is 0 Å². The smallest absolute Gasteiger partial charge is 0.0639 e. The van der Waals surface area contributed by atoms with Gasteiger partial charge in [-0.25, -0.2) is 0 Å². The van der Waals surface area contributed by atoms with Crippen molar-refractivity contribution in [1.29, 1.82) is 0 Å². The summed E-state index contributed by atoms with van der Waals surface area (Å²) in [5.41, 5.74) is 1.41. The summed E-state index contributed by atoms with van der Waals surface area (Å²) >= 11 is 0. The lowest BCUT2D eigenvalue weighted by atomic mass is 9.70. The molecule has 94 valence electrons. The normalized spacial score (nSPS) is 35.0. The highest BCUT2D eigenvalue weighted by Crippen LogP contribution is 2.53. The van der Waals surface area contributed by atoms with Gasteiger partial charge < -0.3 is 5.11 Å². The summed E-state index contributed by atoms with van der Waals surface area (Å²) in [6, 6.07) is 0. The molecule has 4 unspecified atom stereocenters. The van der Waals surface area contributed by atoms with Crippen molar-refractivity contribution in [2.24, 2.45) is 29.1 Å². The molecule has 0 saturated heterocycles. The third kappa shape index (κ3) is 2.51. The highest BCUT2D eigenvalue weighted by molar-refractivity contribution is 5.01. The number of aliphatic hydroxyl groups excluding tert-OH is 1. The SMILES string of the molecule is C=C(CO)CC(C)C1CC(C)C(C)C1(C)C. The van der Waals surface area contributed by atoms with Crippen molar-refractivity contribution < 1.29 is 5.11 Å². The molecular formula is C15H28O. The lowest BCUT2D eigenvalue weighted by Crippen LogP contribution is -2.28. The molecule has 0 aromatic carbocycles. The van der Waals surface area contributed by atoms with E-state index >= 15 is 0 Å². The van der Waals surface area contributed by atoms with E-state index in [1.165, 1.54) is 6.42 Å². The van der Waals surface area contributed by atoms with Gasteiger partial charge in [-0.3, -0.25) is 0 Å². The van der Waals surface area contributed by atoms with Crippen LogP contribution in [0.4, 0.5) is 0 Å². The van der Waals surface area contributed by atoms with Gasteiger partial charge in [-0.2, -0.15) is 0 Å². The van der Waals surface area contributed by atoms with Crippen LogP contribution in [-0.2, 0) is 0 Å². The molecule has 0 spiro atoms. The molecule has 1 fully saturated rings. The predicted molar refractivity (Wildman–Crippen MR) is 70.2 cm³/mol. The van der Waals surface area contributed by atoms with E-state index in [1.807, 2.05) is 0 Å². The first-order chi connectivity index (χ1) is 7.30. The van der Waals surface area contributed by atoms with Gasteiger partial charge in [0.25, 0.3) is 0 Å². The molecule has 1 N–H and O–H groups in total. The summed E-state index contributed by atoms with van der Waals surface area (Å²) < 4.78 is 0. The van der Waals surface area contributed by atoms with Crippen molar-refractivity contribution in [3.8, 4) is 0 Å². The van der Waals surface area contributed by atoms with Crippen LogP contribution in [0.1, 0.15) is 47.5 Å². The fourth-order valence-corrected chi connectivity index (χ4v) is 3.61. The van der Waals surface area contributed by atoms with E-state index in [9.17, 15) is 0 Å². The van der Waals surface area contributed by atoms with E-state index in [4.69, 9.17) is 5.11 Å². The summed E-state index contributed by atoms with van der Waals surface area (Å²) in [5.74, 6) is 3.02. The standard InChI is InChI=1S/C15H28O/c1-10(9-16)7-12(3)14-8-11(2)13(4)15(14,5)6/h11-14,16H,1,7-9H2,2-6H3. The van der Waals surface area contributed by atoms with Crippen molar-refractivity contribution in [1.82, 2.24) is 0 Å². The second-order valence-electron chi connectivity index (χ2n) is 6.52. The van der Waals surface area contributed by atoms with Crippen molar-refractivity contribution in [3.63, 3.8) is 0 Å². The Morgan fingerprint density at radius 1 is 1.44 bits per heavy atom. The maximum Gasteiger partial charge on any atom is 0.0639 e. The van der Waals surface area contributed by atoms with Gasteiger partial charge in [0, 0.05) is 0 Å². The van der Waals surface area contributed by atoms with Crippen molar-refractivity contribution in [2.75, 3.05) is 6.61 Å². The Morgan fingerprint density at radius 2 is 2.00 bits per heavy atom. The zero-order chi connectivity index (χ0) is 12.5. The molecule has 1 saturated carbocycles. The minimum Gasteiger partial charge on any atom is -0.392 e. The van der Waals surface area contributed by atoms with E-state index in [-0.39, 0.29) is 6.61 Å². The van der Waals surface area contributed by atoms with Crippen LogP contribution in [0.15, 0.2) is 12.2 Å². The van der Waals surface area contributed by atoms with Crippen LogP contribution in [0, 0.1) is 29.1 Å². The molecule has 1 aliphatic rings. The quantitative estimate of drug-likeness (QED) is 0.719. The van der Waals surface area contributed by atoms with Gasteiger partial charge in [-0.15, -0.1) is 0 Å². The Balaban J connectivity index is 2.70. The molecular weight excluding hydrogens is 196 g/mol. The molecule has 0 heterocycles. The van der Waals surface area contributed by atoms with E-state index in [0.717, 1.165) is 29.7 Å². The molecule has 4 atom stereocenters. The molecule has 1 aliphatic carbocycles. The second kappa shape index (κ2) is 4.91. The molecule has 0 aromatic heterocycles. The summed E-state index contributed by atoms with van der Waals surface area (Å²) in [4.78, 5) is 0. The zero-order valence-corrected chi connectivity index (χ0v) is 11.6. The highest BCUT2D eigenvalue weighted by atomic mass is 16.3. The molecule has 1 rings (SSSR count). The summed E-state index contributed by atoms with van der Waals surface area (Å²) in [5, 5.41) is 9.06. The van der Waals surface area contributed by atoms with Gasteiger partial charge in [-0.1, -0.05) is 46.8 Å². The molecule has 0 amide bonds. The molecule has 1 nitrogen and oxygen atoms in total. The summed E-state index contributed by atoms with van der Waals surface area (Å²) in [6.45, 7) is 16.0. The third-order valence-corrected chi connectivity index (χ3v) is 5.13. The average Bonchev–Trinajstić information content (AvgIpc) is 2.41. The number of hydrogen-bond donors (Lipinski definition) is 1. The molecule has 0 radical (unpaired) electrons. The monoisotopic (exact) mass is 224 g/mol. The first-order valence-electron chi connectivity index (χ1n) is 6.58. The van der Waals surface area contributed by atoms with Gasteiger partial charge >= 0.3 is 0 Å². The van der Waals surface area contributed by atoms with Gasteiger partial charge in [-0.05, 0) is 41.9 Å². The minimum absolute atomic E-state index is 0.141. The van der Waals surface area contributed by atoms with Crippen molar-refractivity contribution in [2.45, 2.75) is 47.5 Å². The number of hydrogen-bond acceptors (Lipinski definition) is 1. The van der Waals surface area contributed by atoms with Crippen LogP contribution in [0.3, 0.4) is 0 Å². The summed E-state index contributed by atoms with van der Waals surface area (Å²) in [6.07, 6.45) is 2.30. The van der Waals surface area contributed by atoms with Gasteiger partial charge in [0.05, 0.1) is 6.61 Å². The lowest BCUT2D eigenvalue weighted by Gasteiger charge is -2.35. The average molecular weight is 224 g/mol. The van der Waals surface area contributed by atoms with Crippen LogP contribution in [0.25, 0.3) is 0 Å². The van der Waals surface area contributed by atoms with Crippen molar-refractivity contribution in [3.05, 3.63) is 12.2 Å². The largest absolute Gasteiger partial charge is 0.392 e. The predicted octanol–water partition coefficient (Wildman–Crippen LogP) is 3.88. The molecule has 0 bridgehead atoms.